The molecule has 0 amide bonds. The summed E-state index contributed by atoms with van der Waals surface area (Å²) < 4.78 is 13.4. The molecule has 1 N–H and O–H groups in total. The third kappa shape index (κ3) is 3.44. The van der Waals surface area contributed by atoms with Crippen LogP contribution in [0, 0.1) is 19.7 Å². The maximum atomic E-state index is 13.4. The second-order valence-corrected chi connectivity index (χ2v) is 4.90. The first kappa shape index (κ1) is 14.3. The maximum Gasteiger partial charge on any atom is 0.164 e. The molecule has 0 aliphatic carbocycles. The summed E-state index contributed by atoms with van der Waals surface area (Å²) in [5, 5.41) is 2.95. The molecule has 0 heterocycles. The summed E-state index contributed by atoms with van der Waals surface area (Å²) in [5.74, 6) is -0.224. The van der Waals surface area contributed by atoms with Crippen molar-refractivity contribution in [3.63, 3.8) is 0 Å². The van der Waals surface area contributed by atoms with Gasteiger partial charge in [-0.15, -0.1) is 0 Å². The fourth-order valence-electron chi connectivity index (χ4n) is 2.18. The van der Waals surface area contributed by atoms with Crippen LogP contribution in [0.1, 0.15) is 27.9 Å². The van der Waals surface area contributed by atoms with Crippen LogP contribution in [0.25, 0.3) is 0 Å². The molecule has 2 nitrogen and oxygen atoms in total. The minimum absolute atomic E-state index is 0.0753. The van der Waals surface area contributed by atoms with E-state index in [2.05, 4.69) is 5.32 Å². The first-order valence-electron chi connectivity index (χ1n) is 6.67. The number of carbonyl (C=O) groups excluding carboxylic acids is 1. The van der Waals surface area contributed by atoms with Crippen LogP contribution in [0.15, 0.2) is 42.5 Å². The highest BCUT2D eigenvalue weighted by Crippen LogP contribution is 2.15. The van der Waals surface area contributed by atoms with Gasteiger partial charge in [0.2, 0.25) is 0 Å². The first-order chi connectivity index (χ1) is 9.58. The van der Waals surface area contributed by atoms with E-state index < -0.39 is 0 Å². The SMILES string of the molecule is Cc1ccc(C(=O)CCNc2ccccc2F)c(C)c1. The highest BCUT2D eigenvalue weighted by Gasteiger charge is 2.09. The molecule has 0 fully saturated rings. The van der Waals surface area contributed by atoms with Gasteiger partial charge in [-0.25, -0.2) is 4.39 Å². The summed E-state index contributed by atoms with van der Waals surface area (Å²) in [6.07, 6.45) is 0.345. The third-order valence-electron chi connectivity index (χ3n) is 3.22. The van der Waals surface area contributed by atoms with Crippen molar-refractivity contribution in [3.05, 3.63) is 65.0 Å². The van der Waals surface area contributed by atoms with Gasteiger partial charge in [0.05, 0.1) is 5.69 Å². The van der Waals surface area contributed by atoms with Crippen molar-refractivity contribution >= 4 is 11.5 Å². The number of Topliss-reactive ketones (excluding diaryl/α,β-unsaturated/α-hetero) is 1. The predicted molar refractivity (Wildman–Crippen MR) is 79.8 cm³/mol. The topological polar surface area (TPSA) is 29.1 Å². The van der Waals surface area contributed by atoms with E-state index in [0.29, 0.717) is 18.7 Å². The van der Waals surface area contributed by atoms with Crippen LogP contribution in [0.2, 0.25) is 0 Å². The third-order valence-corrected chi connectivity index (χ3v) is 3.22. The Kier molecular flexibility index (Phi) is 4.51. The number of benzene rings is 2. The fourth-order valence-corrected chi connectivity index (χ4v) is 2.18. The van der Waals surface area contributed by atoms with E-state index in [1.807, 2.05) is 32.0 Å². The summed E-state index contributed by atoms with van der Waals surface area (Å²) >= 11 is 0. The minimum atomic E-state index is -0.300. The number of halogens is 1. The smallest absolute Gasteiger partial charge is 0.164 e. The average molecular weight is 271 g/mol. The standard InChI is InChI=1S/C17H18FNO/c1-12-7-8-14(13(2)11-12)17(20)9-10-19-16-6-4-3-5-15(16)18/h3-8,11,19H,9-10H2,1-2H3. The van der Waals surface area contributed by atoms with Crippen LogP contribution in [0.3, 0.4) is 0 Å². The van der Waals surface area contributed by atoms with Crippen LogP contribution < -0.4 is 5.32 Å². The van der Waals surface area contributed by atoms with Crippen LogP contribution in [-0.2, 0) is 0 Å². The van der Waals surface area contributed by atoms with Crippen molar-refractivity contribution in [1.29, 1.82) is 0 Å². The molecule has 0 saturated carbocycles. The number of para-hydroxylation sites is 1. The maximum absolute atomic E-state index is 13.4. The van der Waals surface area contributed by atoms with Crippen molar-refractivity contribution in [2.75, 3.05) is 11.9 Å². The van der Waals surface area contributed by atoms with Gasteiger partial charge in [0, 0.05) is 18.5 Å². The summed E-state index contributed by atoms with van der Waals surface area (Å²) in [5.41, 5.74) is 3.30. The number of aryl methyl sites for hydroxylation is 2. The molecule has 0 atom stereocenters. The summed E-state index contributed by atoms with van der Waals surface area (Å²) in [7, 11) is 0. The van der Waals surface area contributed by atoms with E-state index in [1.54, 1.807) is 18.2 Å². The van der Waals surface area contributed by atoms with Crippen molar-refractivity contribution in [1.82, 2.24) is 0 Å². The van der Waals surface area contributed by atoms with E-state index in [1.165, 1.54) is 6.07 Å². The lowest BCUT2D eigenvalue weighted by Crippen LogP contribution is -2.10. The zero-order valence-electron chi connectivity index (χ0n) is 11.7. The molecule has 0 saturated heterocycles. The zero-order valence-corrected chi connectivity index (χ0v) is 11.7. The Morgan fingerprint density at radius 2 is 1.90 bits per heavy atom. The lowest BCUT2D eigenvalue weighted by molar-refractivity contribution is 0.0986. The Bertz CT molecular complexity index is 622. The number of nitrogens with one attached hydrogen (secondary N) is 1. The van der Waals surface area contributed by atoms with Gasteiger partial charge in [0.1, 0.15) is 5.82 Å². The van der Waals surface area contributed by atoms with E-state index in [-0.39, 0.29) is 11.6 Å². The number of ketones is 1. The highest BCUT2D eigenvalue weighted by molar-refractivity contribution is 5.97. The summed E-state index contributed by atoms with van der Waals surface area (Å²) in [6, 6.07) is 12.3. The molecule has 0 unspecified atom stereocenters. The highest BCUT2D eigenvalue weighted by atomic mass is 19.1. The Labute approximate surface area is 118 Å². The molecule has 0 aliphatic rings. The molecule has 2 aromatic rings. The van der Waals surface area contributed by atoms with Crippen LogP contribution in [0.4, 0.5) is 10.1 Å². The molecule has 3 heteroatoms. The van der Waals surface area contributed by atoms with Crippen molar-refractivity contribution < 1.29 is 9.18 Å². The number of anilines is 1. The number of hydrogen-bond donors (Lipinski definition) is 1. The van der Waals surface area contributed by atoms with Crippen molar-refractivity contribution in [3.8, 4) is 0 Å². The van der Waals surface area contributed by atoms with Gasteiger partial charge >= 0.3 is 0 Å². The van der Waals surface area contributed by atoms with Gasteiger partial charge in [-0.05, 0) is 31.5 Å². The van der Waals surface area contributed by atoms with E-state index in [9.17, 15) is 9.18 Å². The van der Waals surface area contributed by atoms with Crippen LogP contribution in [-0.4, -0.2) is 12.3 Å². The van der Waals surface area contributed by atoms with E-state index in [0.717, 1.165) is 16.7 Å². The van der Waals surface area contributed by atoms with E-state index >= 15 is 0 Å². The lowest BCUT2D eigenvalue weighted by Gasteiger charge is -2.08. The van der Waals surface area contributed by atoms with Gasteiger partial charge in [-0.1, -0.05) is 35.9 Å². The first-order valence-corrected chi connectivity index (χ1v) is 6.67. The van der Waals surface area contributed by atoms with Crippen LogP contribution >= 0.6 is 0 Å². The molecule has 2 rings (SSSR count). The van der Waals surface area contributed by atoms with Gasteiger partial charge in [-0.3, -0.25) is 4.79 Å². The summed E-state index contributed by atoms with van der Waals surface area (Å²) in [6.45, 7) is 4.36. The molecule has 0 radical (unpaired) electrons. The predicted octanol–water partition coefficient (Wildman–Crippen LogP) is 4.13. The van der Waals surface area contributed by atoms with Crippen molar-refractivity contribution in [2.24, 2.45) is 0 Å². The average Bonchev–Trinajstić information content (AvgIpc) is 2.40. The van der Waals surface area contributed by atoms with Gasteiger partial charge < -0.3 is 5.32 Å². The molecular formula is C17H18FNO. The Balaban J connectivity index is 1.94. The summed E-state index contributed by atoms with van der Waals surface area (Å²) in [4.78, 5) is 12.1. The molecule has 104 valence electrons. The Morgan fingerprint density at radius 1 is 1.15 bits per heavy atom. The Hall–Kier alpha value is -2.16. The van der Waals surface area contributed by atoms with E-state index in [4.69, 9.17) is 0 Å². The van der Waals surface area contributed by atoms with Gasteiger partial charge in [-0.2, -0.15) is 0 Å². The van der Waals surface area contributed by atoms with Crippen molar-refractivity contribution in [2.45, 2.75) is 20.3 Å². The molecule has 0 aromatic heterocycles. The minimum Gasteiger partial charge on any atom is -0.382 e. The lowest BCUT2D eigenvalue weighted by atomic mass is 10.0. The Morgan fingerprint density at radius 3 is 2.60 bits per heavy atom. The molecule has 0 bridgehead atoms. The largest absolute Gasteiger partial charge is 0.382 e. The molecule has 20 heavy (non-hydrogen) atoms. The second kappa shape index (κ2) is 6.33. The van der Waals surface area contributed by atoms with Crippen LogP contribution in [0.5, 0.6) is 0 Å². The molecular weight excluding hydrogens is 253 g/mol. The monoisotopic (exact) mass is 271 g/mol. The number of rotatable bonds is 5. The fraction of sp³-hybridized carbons (Fsp3) is 0.235. The zero-order chi connectivity index (χ0) is 14.5. The molecule has 0 spiro atoms. The number of carbonyl (C=O) groups is 1. The second-order valence-electron chi connectivity index (χ2n) is 4.90. The van der Waals surface area contributed by atoms with Gasteiger partial charge in [0.15, 0.2) is 5.78 Å². The normalized spacial score (nSPS) is 10.3. The van der Waals surface area contributed by atoms with Gasteiger partial charge in [0.25, 0.3) is 0 Å². The number of hydrogen-bond acceptors (Lipinski definition) is 2. The quantitative estimate of drug-likeness (QED) is 0.828. The molecule has 0 aliphatic heterocycles. The molecule has 2 aromatic carbocycles.